The first kappa shape index (κ1) is 14.7. The highest BCUT2D eigenvalue weighted by atomic mass is 79.9. The van der Waals surface area contributed by atoms with Crippen molar-refractivity contribution in [3.8, 4) is 0 Å². The summed E-state index contributed by atoms with van der Waals surface area (Å²) in [5.41, 5.74) is 2.60. The van der Waals surface area contributed by atoms with Crippen LogP contribution in [0.3, 0.4) is 0 Å². The zero-order valence-electron chi connectivity index (χ0n) is 9.86. The Labute approximate surface area is 124 Å². The fourth-order valence-electron chi connectivity index (χ4n) is 1.83. The number of hydrogen-bond acceptors (Lipinski definition) is 0. The van der Waals surface area contributed by atoms with Crippen LogP contribution in [0.2, 0.25) is 0 Å². The third-order valence-corrected chi connectivity index (χ3v) is 5.82. The summed E-state index contributed by atoms with van der Waals surface area (Å²) in [6, 6.07) is 4.40. The van der Waals surface area contributed by atoms with Crippen LogP contribution in [0.25, 0.3) is 0 Å². The molecular weight excluding hydrogens is 396 g/mol. The van der Waals surface area contributed by atoms with Gasteiger partial charge in [0.2, 0.25) is 0 Å². The van der Waals surface area contributed by atoms with Crippen molar-refractivity contribution >= 4 is 47.8 Å². The van der Waals surface area contributed by atoms with Crippen LogP contribution in [-0.2, 0) is 0 Å². The van der Waals surface area contributed by atoms with E-state index in [2.05, 4.69) is 80.7 Å². The molecule has 1 atom stereocenters. The predicted octanol–water partition coefficient (Wildman–Crippen LogP) is 6.39. The highest BCUT2D eigenvalue weighted by Crippen LogP contribution is 2.40. The van der Waals surface area contributed by atoms with Crippen molar-refractivity contribution in [3.63, 3.8) is 0 Å². The van der Waals surface area contributed by atoms with Gasteiger partial charge in [-0.05, 0) is 36.1 Å². The van der Waals surface area contributed by atoms with Gasteiger partial charge in [0.25, 0.3) is 0 Å². The van der Waals surface area contributed by atoms with Gasteiger partial charge in [0.1, 0.15) is 0 Å². The Morgan fingerprint density at radius 1 is 1.06 bits per heavy atom. The normalized spacial score (nSPS) is 13.2. The van der Waals surface area contributed by atoms with Crippen LogP contribution in [0.5, 0.6) is 0 Å². The Hall–Kier alpha value is 0.660. The molecule has 0 bridgehead atoms. The van der Waals surface area contributed by atoms with Crippen LogP contribution in [0, 0.1) is 12.8 Å². The van der Waals surface area contributed by atoms with Crippen molar-refractivity contribution < 1.29 is 0 Å². The third kappa shape index (κ3) is 3.33. The van der Waals surface area contributed by atoms with Crippen molar-refractivity contribution in [2.75, 3.05) is 0 Å². The van der Waals surface area contributed by atoms with Crippen molar-refractivity contribution in [2.24, 2.45) is 5.92 Å². The van der Waals surface area contributed by atoms with Gasteiger partial charge in [0, 0.05) is 13.8 Å². The van der Waals surface area contributed by atoms with Crippen LogP contribution in [0.4, 0.5) is 0 Å². The number of alkyl halides is 1. The molecule has 1 aromatic carbocycles. The first-order valence-electron chi connectivity index (χ1n) is 5.60. The van der Waals surface area contributed by atoms with E-state index in [0.717, 1.165) is 0 Å². The van der Waals surface area contributed by atoms with Crippen LogP contribution in [0.1, 0.15) is 42.6 Å². The van der Waals surface area contributed by atoms with Crippen molar-refractivity contribution in [2.45, 2.75) is 38.4 Å². The van der Waals surface area contributed by atoms with Crippen molar-refractivity contribution in [1.82, 2.24) is 0 Å². The topological polar surface area (TPSA) is 0 Å². The largest absolute Gasteiger partial charge is 0.0835 e. The minimum absolute atomic E-state index is 0.425. The summed E-state index contributed by atoms with van der Waals surface area (Å²) in [6.07, 6.45) is 2.40. The molecule has 0 aliphatic heterocycles. The third-order valence-electron chi connectivity index (χ3n) is 3.04. The first-order valence-corrected chi connectivity index (χ1v) is 8.11. The summed E-state index contributed by atoms with van der Waals surface area (Å²) in [5.74, 6) is 0.686. The van der Waals surface area contributed by atoms with Gasteiger partial charge in [-0.3, -0.25) is 0 Å². The predicted molar refractivity (Wildman–Crippen MR) is 82.3 cm³/mol. The molecule has 1 aromatic rings. The van der Waals surface area contributed by atoms with Gasteiger partial charge in [-0.25, -0.2) is 0 Å². The van der Waals surface area contributed by atoms with Gasteiger partial charge in [0.05, 0.1) is 0 Å². The Kier molecular flexibility index (Phi) is 6.03. The molecule has 90 valence electrons. The maximum Gasteiger partial charge on any atom is 0.0434 e. The standard InChI is InChI=1S/C13H17Br3/c1-4-9(5-2)13(16)10-7-11(14)8(3)6-12(10)15/h6-7,9,13H,4-5H2,1-3H3. The smallest absolute Gasteiger partial charge is 0.0434 e. The molecular formula is C13H17Br3. The van der Waals surface area contributed by atoms with Crippen LogP contribution >= 0.6 is 47.8 Å². The Balaban J connectivity index is 3.07. The number of hydrogen-bond donors (Lipinski definition) is 0. The van der Waals surface area contributed by atoms with Gasteiger partial charge in [-0.2, -0.15) is 0 Å². The van der Waals surface area contributed by atoms with E-state index in [1.54, 1.807) is 0 Å². The van der Waals surface area contributed by atoms with Gasteiger partial charge >= 0.3 is 0 Å². The van der Waals surface area contributed by atoms with Gasteiger partial charge in [-0.15, -0.1) is 0 Å². The first-order chi connectivity index (χ1) is 7.51. The van der Waals surface area contributed by atoms with Gasteiger partial charge in [-0.1, -0.05) is 74.5 Å². The fraction of sp³-hybridized carbons (Fsp3) is 0.538. The maximum atomic E-state index is 3.83. The summed E-state index contributed by atoms with van der Waals surface area (Å²) in [4.78, 5) is 0.425. The van der Waals surface area contributed by atoms with E-state index in [-0.39, 0.29) is 0 Å². The van der Waals surface area contributed by atoms with Crippen molar-refractivity contribution in [1.29, 1.82) is 0 Å². The number of halogens is 3. The molecule has 1 unspecified atom stereocenters. The molecule has 16 heavy (non-hydrogen) atoms. The molecule has 0 aromatic heterocycles. The molecule has 0 amide bonds. The van der Waals surface area contributed by atoms with E-state index in [1.807, 2.05) is 0 Å². The Bertz CT molecular complexity index is 356. The molecule has 0 N–H and O–H groups in total. The number of rotatable bonds is 4. The monoisotopic (exact) mass is 410 g/mol. The van der Waals surface area contributed by atoms with E-state index in [9.17, 15) is 0 Å². The molecule has 0 saturated carbocycles. The highest BCUT2D eigenvalue weighted by molar-refractivity contribution is 9.11. The second-order valence-corrected chi connectivity index (χ2v) is 6.80. The molecule has 0 aliphatic rings. The zero-order chi connectivity index (χ0) is 12.3. The number of benzene rings is 1. The van der Waals surface area contributed by atoms with Gasteiger partial charge < -0.3 is 0 Å². The van der Waals surface area contributed by atoms with Crippen LogP contribution in [-0.4, -0.2) is 0 Å². The van der Waals surface area contributed by atoms with E-state index < -0.39 is 0 Å². The molecule has 0 spiro atoms. The molecule has 0 saturated heterocycles. The summed E-state index contributed by atoms with van der Waals surface area (Å²) in [7, 11) is 0. The van der Waals surface area contributed by atoms with Crippen molar-refractivity contribution in [3.05, 3.63) is 32.2 Å². The number of aryl methyl sites for hydroxylation is 1. The summed E-state index contributed by atoms with van der Waals surface area (Å²) >= 11 is 11.1. The Morgan fingerprint density at radius 2 is 1.62 bits per heavy atom. The molecule has 0 heterocycles. The molecule has 0 fully saturated rings. The summed E-state index contributed by atoms with van der Waals surface area (Å²) < 4.78 is 2.38. The molecule has 1 rings (SSSR count). The SMILES string of the molecule is CCC(CC)C(Br)c1cc(Br)c(C)cc1Br. The average Bonchev–Trinajstić information content (AvgIpc) is 2.25. The lowest BCUT2D eigenvalue weighted by atomic mass is 9.94. The average molecular weight is 413 g/mol. The minimum Gasteiger partial charge on any atom is -0.0835 e. The lowest BCUT2D eigenvalue weighted by Crippen LogP contribution is -2.06. The Morgan fingerprint density at radius 3 is 2.12 bits per heavy atom. The lowest BCUT2D eigenvalue weighted by Gasteiger charge is -2.21. The molecule has 0 aliphatic carbocycles. The summed E-state index contributed by atoms with van der Waals surface area (Å²) in [5, 5.41) is 0. The molecule has 3 heteroatoms. The van der Waals surface area contributed by atoms with E-state index in [0.29, 0.717) is 10.7 Å². The quantitative estimate of drug-likeness (QED) is 0.502. The van der Waals surface area contributed by atoms with Crippen LogP contribution in [0.15, 0.2) is 21.1 Å². The zero-order valence-corrected chi connectivity index (χ0v) is 14.6. The van der Waals surface area contributed by atoms with E-state index in [1.165, 1.54) is 32.9 Å². The fourth-order valence-corrected chi connectivity index (χ4v) is 4.33. The summed E-state index contributed by atoms with van der Waals surface area (Å²) in [6.45, 7) is 6.61. The second kappa shape index (κ2) is 6.55. The lowest BCUT2D eigenvalue weighted by molar-refractivity contribution is 0.486. The highest BCUT2D eigenvalue weighted by Gasteiger charge is 2.20. The molecule has 0 radical (unpaired) electrons. The van der Waals surface area contributed by atoms with E-state index >= 15 is 0 Å². The second-order valence-electron chi connectivity index (χ2n) is 4.10. The molecule has 0 nitrogen and oxygen atoms in total. The van der Waals surface area contributed by atoms with Gasteiger partial charge in [0.15, 0.2) is 0 Å². The van der Waals surface area contributed by atoms with E-state index in [4.69, 9.17) is 0 Å². The maximum absolute atomic E-state index is 3.83. The van der Waals surface area contributed by atoms with Crippen LogP contribution < -0.4 is 0 Å². The minimum atomic E-state index is 0.425.